The monoisotopic (exact) mass is 472 g/mol. The fraction of sp³-hybridized carbons (Fsp3) is 0.192. The number of benzene rings is 3. The average Bonchev–Trinajstić information content (AvgIpc) is 3.23. The Kier molecular flexibility index (Phi) is 5.67. The molecule has 0 spiro atoms. The number of carbonyl (C=O) groups is 2. The minimum Gasteiger partial charge on any atom is -0.479 e. The summed E-state index contributed by atoms with van der Waals surface area (Å²) in [5.74, 6) is 0.243. The molecule has 172 valence electrons. The lowest BCUT2D eigenvalue weighted by molar-refractivity contribution is -0.122. The van der Waals surface area contributed by atoms with Crippen molar-refractivity contribution in [1.82, 2.24) is 4.98 Å². The number of hydrogen-bond donors (Lipinski definition) is 3. The number of anilines is 3. The second kappa shape index (κ2) is 8.79. The largest absolute Gasteiger partial charge is 0.479 e. The number of carbonyl (C=O) groups excluding carboxylic acids is 2. The molecule has 1 aliphatic heterocycles. The van der Waals surface area contributed by atoms with Crippen molar-refractivity contribution in [2.75, 3.05) is 16.0 Å². The second-order valence-corrected chi connectivity index (χ2v) is 9.41. The van der Waals surface area contributed by atoms with Gasteiger partial charge in [-0.2, -0.15) is 0 Å². The van der Waals surface area contributed by atoms with Gasteiger partial charge in [-0.15, -0.1) is 11.3 Å². The number of hydrogen-bond acceptors (Lipinski definition) is 6. The van der Waals surface area contributed by atoms with Gasteiger partial charge in [-0.1, -0.05) is 6.07 Å². The van der Waals surface area contributed by atoms with Gasteiger partial charge in [-0.25, -0.2) is 4.98 Å². The number of nitrogens with zero attached hydrogens (tertiary/aromatic N) is 1. The van der Waals surface area contributed by atoms with Crippen LogP contribution in [0.1, 0.15) is 19.4 Å². The zero-order chi connectivity index (χ0) is 23.8. The maximum Gasteiger partial charge on any atom is 0.265 e. The van der Waals surface area contributed by atoms with Gasteiger partial charge in [-0.3, -0.25) is 9.59 Å². The molecule has 0 aliphatic carbocycles. The Morgan fingerprint density at radius 1 is 1.09 bits per heavy atom. The van der Waals surface area contributed by atoms with E-state index in [1.807, 2.05) is 36.4 Å². The maximum absolute atomic E-state index is 12.7. The topological polar surface area (TPSA) is 92.4 Å². The molecule has 2 amide bonds. The first kappa shape index (κ1) is 21.9. The van der Waals surface area contributed by atoms with E-state index in [4.69, 9.17) is 9.72 Å². The van der Waals surface area contributed by atoms with E-state index >= 15 is 0 Å². The third kappa shape index (κ3) is 4.45. The molecule has 3 aromatic carbocycles. The first-order valence-corrected chi connectivity index (χ1v) is 11.8. The first-order chi connectivity index (χ1) is 16.4. The van der Waals surface area contributed by atoms with Crippen LogP contribution in [0.3, 0.4) is 0 Å². The molecule has 34 heavy (non-hydrogen) atoms. The Balaban J connectivity index is 1.23. The van der Waals surface area contributed by atoms with E-state index < -0.39 is 12.1 Å². The van der Waals surface area contributed by atoms with Crippen LogP contribution < -0.4 is 20.7 Å². The molecule has 1 aliphatic rings. The van der Waals surface area contributed by atoms with Crippen LogP contribution in [0.15, 0.2) is 60.7 Å². The van der Waals surface area contributed by atoms with Gasteiger partial charge in [0.1, 0.15) is 16.8 Å². The van der Waals surface area contributed by atoms with Gasteiger partial charge in [0.2, 0.25) is 5.91 Å². The Morgan fingerprint density at radius 3 is 2.65 bits per heavy atom. The molecular formula is C26H24N4O3S. The van der Waals surface area contributed by atoms with Crippen LogP contribution in [0.5, 0.6) is 5.75 Å². The molecule has 0 radical (unpaired) electrons. The molecule has 5 rings (SSSR count). The lowest BCUT2D eigenvalue weighted by atomic mass is 10.2. The van der Waals surface area contributed by atoms with Gasteiger partial charge >= 0.3 is 0 Å². The zero-order valence-electron chi connectivity index (χ0n) is 19.0. The summed E-state index contributed by atoms with van der Waals surface area (Å²) in [7, 11) is 0. The van der Waals surface area contributed by atoms with Crippen molar-refractivity contribution in [1.29, 1.82) is 0 Å². The van der Waals surface area contributed by atoms with Gasteiger partial charge in [-0.05, 0) is 80.9 Å². The highest BCUT2D eigenvalue weighted by molar-refractivity contribution is 7.21. The SMILES string of the molecule is Cc1ccc2nc(-c3ccc(NC(=O)[C@H](C)Nc4ccc5c(c4)NC(=O)[C@H](C)O5)cc3)sc2c1. The minimum absolute atomic E-state index is 0.171. The third-order valence-electron chi connectivity index (χ3n) is 5.63. The van der Waals surface area contributed by atoms with Crippen molar-refractivity contribution in [3.8, 4) is 16.3 Å². The number of amides is 2. The summed E-state index contributed by atoms with van der Waals surface area (Å²) < 4.78 is 6.73. The van der Waals surface area contributed by atoms with Gasteiger partial charge in [0, 0.05) is 16.9 Å². The van der Waals surface area contributed by atoms with E-state index in [1.165, 1.54) is 5.56 Å². The summed E-state index contributed by atoms with van der Waals surface area (Å²) in [6.07, 6.45) is -0.527. The molecule has 7 nitrogen and oxygen atoms in total. The molecule has 0 unspecified atom stereocenters. The van der Waals surface area contributed by atoms with Crippen LogP contribution in [-0.2, 0) is 9.59 Å². The highest BCUT2D eigenvalue weighted by Gasteiger charge is 2.24. The normalized spacial score (nSPS) is 15.7. The van der Waals surface area contributed by atoms with E-state index in [9.17, 15) is 9.59 Å². The van der Waals surface area contributed by atoms with Crippen LogP contribution in [0.25, 0.3) is 20.8 Å². The molecule has 2 heterocycles. The number of ether oxygens (including phenoxy) is 1. The molecule has 0 saturated carbocycles. The van der Waals surface area contributed by atoms with Crippen LogP contribution in [0.4, 0.5) is 17.1 Å². The number of aryl methyl sites for hydroxylation is 1. The van der Waals surface area contributed by atoms with Crippen molar-refractivity contribution >= 4 is 50.4 Å². The van der Waals surface area contributed by atoms with Crippen LogP contribution in [0.2, 0.25) is 0 Å². The second-order valence-electron chi connectivity index (χ2n) is 8.38. The fourth-order valence-corrected chi connectivity index (χ4v) is 4.79. The van der Waals surface area contributed by atoms with Gasteiger partial charge in [0.25, 0.3) is 5.91 Å². The van der Waals surface area contributed by atoms with Crippen LogP contribution in [-0.4, -0.2) is 28.9 Å². The van der Waals surface area contributed by atoms with E-state index in [0.29, 0.717) is 22.8 Å². The maximum atomic E-state index is 12.7. The molecule has 0 bridgehead atoms. The summed E-state index contributed by atoms with van der Waals surface area (Å²) in [6, 6.07) is 18.8. The summed E-state index contributed by atoms with van der Waals surface area (Å²) in [5, 5.41) is 9.87. The van der Waals surface area contributed by atoms with Gasteiger partial charge in [0.05, 0.1) is 15.9 Å². The number of rotatable bonds is 5. The summed E-state index contributed by atoms with van der Waals surface area (Å²) in [4.78, 5) is 29.3. The lowest BCUT2D eigenvalue weighted by Crippen LogP contribution is -2.34. The van der Waals surface area contributed by atoms with Gasteiger partial charge < -0.3 is 20.7 Å². The predicted octanol–water partition coefficient (Wildman–Crippen LogP) is 5.43. The average molecular weight is 473 g/mol. The predicted molar refractivity (Wildman–Crippen MR) is 137 cm³/mol. The molecule has 0 saturated heterocycles. The summed E-state index contributed by atoms with van der Waals surface area (Å²) >= 11 is 1.66. The van der Waals surface area contributed by atoms with E-state index in [2.05, 4.69) is 35.0 Å². The van der Waals surface area contributed by atoms with Crippen molar-refractivity contribution < 1.29 is 14.3 Å². The number of fused-ring (bicyclic) bond motifs is 2. The molecule has 1 aromatic heterocycles. The molecule has 3 N–H and O–H groups in total. The Bertz CT molecular complexity index is 1400. The van der Waals surface area contributed by atoms with Gasteiger partial charge in [0.15, 0.2) is 6.10 Å². The number of nitrogens with one attached hydrogen (secondary N) is 3. The lowest BCUT2D eigenvalue weighted by Gasteiger charge is -2.24. The van der Waals surface area contributed by atoms with Crippen molar-refractivity contribution in [3.05, 3.63) is 66.2 Å². The smallest absolute Gasteiger partial charge is 0.265 e. The molecule has 4 aromatic rings. The van der Waals surface area contributed by atoms with Crippen LogP contribution in [0, 0.1) is 6.92 Å². The van der Waals surface area contributed by atoms with Crippen molar-refractivity contribution in [3.63, 3.8) is 0 Å². The summed E-state index contributed by atoms with van der Waals surface area (Å²) in [6.45, 7) is 5.55. The molecule has 0 fully saturated rings. The van der Waals surface area contributed by atoms with E-state index in [-0.39, 0.29) is 11.8 Å². The van der Waals surface area contributed by atoms with Crippen molar-refractivity contribution in [2.24, 2.45) is 0 Å². The molecule has 2 atom stereocenters. The Hall–Kier alpha value is -3.91. The third-order valence-corrected chi connectivity index (χ3v) is 6.70. The molecule has 8 heteroatoms. The van der Waals surface area contributed by atoms with E-state index in [0.717, 1.165) is 20.8 Å². The van der Waals surface area contributed by atoms with Crippen LogP contribution >= 0.6 is 11.3 Å². The Morgan fingerprint density at radius 2 is 1.85 bits per heavy atom. The highest BCUT2D eigenvalue weighted by Crippen LogP contribution is 2.33. The highest BCUT2D eigenvalue weighted by atomic mass is 32.1. The standard InChI is InChI=1S/C26H24N4O3S/c1-14-4-10-20-23(12-14)34-26(30-20)17-5-7-18(8-6-17)28-24(31)15(2)27-19-9-11-22-21(13-19)29-25(32)16(3)33-22/h4-13,15-16,27H,1-3H3,(H,28,31)(H,29,32)/t15-,16-/m0/s1. The summed E-state index contributed by atoms with van der Waals surface area (Å²) in [5.41, 5.74) is 5.22. The fourth-order valence-electron chi connectivity index (χ4n) is 3.72. The van der Waals surface area contributed by atoms with Crippen molar-refractivity contribution in [2.45, 2.75) is 32.9 Å². The quantitative estimate of drug-likeness (QED) is 0.360. The number of thiazole rings is 1. The Labute approximate surface area is 201 Å². The first-order valence-electron chi connectivity index (χ1n) is 11.0. The zero-order valence-corrected chi connectivity index (χ0v) is 19.8. The number of aromatic nitrogens is 1. The van der Waals surface area contributed by atoms with E-state index in [1.54, 1.807) is 37.3 Å². The minimum atomic E-state index is -0.527. The molecular weight excluding hydrogens is 448 g/mol.